The van der Waals surface area contributed by atoms with Crippen molar-refractivity contribution in [2.75, 3.05) is 11.9 Å². The van der Waals surface area contributed by atoms with E-state index in [1.807, 2.05) is 0 Å². The minimum absolute atomic E-state index is 0.0230. The molecule has 9 heteroatoms. The smallest absolute Gasteiger partial charge is 0.325 e. The summed E-state index contributed by atoms with van der Waals surface area (Å²) in [7, 11) is -3.86. The van der Waals surface area contributed by atoms with Gasteiger partial charge in [0.15, 0.2) is 0 Å². The number of nitrogens with one attached hydrogen (secondary N) is 2. The van der Waals surface area contributed by atoms with Crippen LogP contribution in [0.1, 0.15) is 11.1 Å². The van der Waals surface area contributed by atoms with Gasteiger partial charge in [0, 0.05) is 5.69 Å². The highest BCUT2D eigenvalue weighted by Crippen LogP contribution is 2.29. The number of hydrogen-bond donors (Lipinski definition) is 2. The van der Waals surface area contributed by atoms with Crippen LogP contribution in [0.3, 0.4) is 0 Å². The zero-order valence-electron chi connectivity index (χ0n) is 13.1. The minimum Gasteiger partial charge on any atom is -0.325 e. The molecule has 25 heavy (non-hydrogen) atoms. The van der Waals surface area contributed by atoms with E-state index in [4.69, 9.17) is 0 Å². The van der Waals surface area contributed by atoms with Crippen molar-refractivity contribution >= 4 is 21.6 Å². The highest BCUT2D eigenvalue weighted by atomic mass is 32.2. The van der Waals surface area contributed by atoms with Gasteiger partial charge in [-0.1, -0.05) is 12.1 Å². The Hall–Kier alpha value is -2.39. The second-order valence-electron chi connectivity index (χ2n) is 5.26. The first kappa shape index (κ1) is 18.9. The lowest BCUT2D eigenvalue weighted by atomic mass is 10.2. The molecule has 0 saturated heterocycles. The molecule has 0 aliphatic carbocycles. The summed E-state index contributed by atoms with van der Waals surface area (Å²) in [5, 5.41) is 2.32. The van der Waals surface area contributed by atoms with E-state index in [0.29, 0.717) is 0 Å². The molecule has 5 nitrogen and oxygen atoms in total. The molecule has 2 aromatic carbocycles. The van der Waals surface area contributed by atoms with E-state index >= 15 is 0 Å². The molecule has 0 aliphatic heterocycles. The molecule has 134 valence electrons. The van der Waals surface area contributed by atoms with Crippen LogP contribution in [0.4, 0.5) is 18.9 Å². The molecule has 0 aromatic heterocycles. The van der Waals surface area contributed by atoms with Crippen molar-refractivity contribution in [1.82, 2.24) is 4.72 Å². The Morgan fingerprint density at radius 1 is 1.08 bits per heavy atom. The van der Waals surface area contributed by atoms with Gasteiger partial charge < -0.3 is 5.32 Å². The number of sulfonamides is 1. The van der Waals surface area contributed by atoms with Gasteiger partial charge >= 0.3 is 6.18 Å². The summed E-state index contributed by atoms with van der Waals surface area (Å²) in [6.07, 6.45) is -4.47. The molecular weight excluding hydrogens is 357 g/mol. The zero-order valence-corrected chi connectivity index (χ0v) is 13.9. The molecule has 0 unspecified atom stereocenters. The van der Waals surface area contributed by atoms with Gasteiger partial charge in [0.1, 0.15) is 0 Å². The normalized spacial score (nSPS) is 12.0. The van der Waals surface area contributed by atoms with Crippen LogP contribution in [0.5, 0.6) is 0 Å². The first-order chi connectivity index (χ1) is 11.6. The Morgan fingerprint density at radius 3 is 2.28 bits per heavy atom. The summed E-state index contributed by atoms with van der Waals surface area (Å²) in [5.41, 5.74) is 0.0375. The summed E-state index contributed by atoms with van der Waals surface area (Å²) in [5.74, 6) is -0.698. The highest BCUT2D eigenvalue weighted by Gasteiger charge is 2.30. The molecule has 0 heterocycles. The molecule has 2 rings (SSSR count). The zero-order chi connectivity index (χ0) is 18.7. The molecule has 0 bridgehead atoms. The Morgan fingerprint density at radius 2 is 1.72 bits per heavy atom. The van der Waals surface area contributed by atoms with Crippen LogP contribution in [0.25, 0.3) is 0 Å². The lowest BCUT2D eigenvalue weighted by Crippen LogP contribution is -2.32. The van der Waals surface area contributed by atoms with E-state index in [0.717, 1.165) is 29.8 Å². The maximum absolute atomic E-state index is 12.5. The lowest BCUT2D eigenvalue weighted by Gasteiger charge is -2.10. The third-order valence-electron chi connectivity index (χ3n) is 3.22. The van der Waals surface area contributed by atoms with E-state index in [-0.39, 0.29) is 10.6 Å². The first-order valence-electron chi connectivity index (χ1n) is 7.11. The molecule has 1 amide bonds. The monoisotopic (exact) mass is 372 g/mol. The molecule has 0 atom stereocenters. The maximum Gasteiger partial charge on any atom is 0.416 e. The van der Waals surface area contributed by atoms with Gasteiger partial charge in [-0.05, 0) is 48.9 Å². The number of hydrogen-bond acceptors (Lipinski definition) is 3. The van der Waals surface area contributed by atoms with Gasteiger partial charge in [-0.3, -0.25) is 4.79 Å². The van der Waals surface area contributed by atoms with Crippen LogP contribution in [0, 0.1) is 6.92 Å². The highest BCUT2D eigenvalue weighted by molar-refractivity contribution is 7.89. The largest absolute Gasteiger partial charge is 0.416 e. The van der Waals surface area contributed by atoms with E-state index in [1.165, 1.54) is 12.1 Å². The van der Waals surface area contributed by atoms with Gasteiger partial charge in [0.25, 0.3) is 0 Å². The van der Waals surface area contributed by atoms with Gasteiger partial charge in [-0.15, -0.1) is 0 Å². The van der Waals surface area contributed by atoms with Crippen LogP contribution in [-0.4, -0.2) is 20.9 Å². The van der Waals surface area contributed by atoms with E-state index in [1.54, 1.807) is 19.1 Å². The van der Waals surface area contributed by atoms with E-state index in [9.17, 15) is 26.4 Å². The van der Waals surface area contributed by atoms with Crippen molar-refractivity contribution in [2.45, 2.75) is 18.0 Å². The Bertz CT molecular complexity index is 863. The van der Waals surface area contributed by atoms with Crippen LogP contribution in [0.15, 0.2) is 53.4 Å². The Labute approximate surface area is 142 Å². The SMILES string of the molecule is Cc1cccc(S(=O)(=O)NCC(=O)Nc2ccc(C(F)(F)F)cc2)c1. The topological polar surface area (TPSA) is 75.3 Å². The van der Waals surface area contributed by atoms with Gasteiger partial charge in [0.05, 0.1) is 17.0 Å². The number of anilines is 1. The number of carbonyl (C=O) groups excluding carboxylic acids is 1. The third-order valence-corrected chi connectivity index (χ3v) is 4.62. The number of carbonyl (C=O) groups is 1. The molecule has 0 spiro atoms. The summed E-state index contributed by atoms with van der Waals surface area (Å²) in [6.45, 7) is 1.19. The van der Waals surface area contributed by atoms with Crippen molar-refractivity contribution in [3.05, 3.63) is 59.7 Å². The fourth-order valence-electron chi connectivity index (χ4n) is 1.97. The first-order valence-corrected chi connectivity index (χ1v) is 8.60. The maximum atomic E-state index is 12.5. The predicted molar refractivity (Wildman–Crippen MR) is 86.4 cm³/mol. The third kappa shape index (κ3) is 5.30. The van der Waals surface area contributed by atoms with Crippen molar-refractivity contribution < 1.29 is 26.4 Å². The number of halogens is 3. The summed E-state index contributed by atoms with van der Waals surface area (Å²) >= 11 is 0. The number of rotatable bonds is 5. The van der Waals surface area contributed by atoms with Crippen LogP contribution < -0.4 is 10.0 Å². The number of amides is 1. The van der Waals surface area contributed by atoms with Gasteiger partial charge in [-0.2, -0.15) is 13.2 Å². The molecule has 0 radical (unpaired) electrons. The van der Waals surface area contributed by atoms with Crippen molar-refractivity contribution in [3.63, 3.8) is 0 Å². The number of benzene rings is 2. The van der Waals surface area contributed by atoms with Crippen LogP contribution in [0.2, 0.25) is 0 Å². The number of aryl methyl sites for hydroxylation is 1. The second-order valence-corrected chi connectivity index (χ2v) is 7.03. The Balaban J connectivity index is 1.96. The number of alkyl halides is 3. The average molecular weight is 372 g/mol. The molecular formula is C16H15F3N2O3S. The standard InChI is InChI=1S/C16H15F3N2O3S/c1-11-3-2-4-14(9-11)25(23,24)20-10-15(22)21-13-7-5-12(6-8-13)16(17,18)19/h2-9,20H,10H2,1H3,(H,21,22). The van der Waals surface area contributed by atoms with E-state index in [2.05, 4.69) is 10.0 Å². The van der Waals surface area contributed by atoms with Gasteiger partial charge in [-0.25, -0.2) is 13.1 Å². The van der Waals surface area contributed by atoms with Crippen molar-refractivity contribution in [2.24, 2.45) is 0 Å². The predicted octanol–water partition coefficient (Wildman–Crippen LogP) is 2.93. The molecule has 2 aromatic rings. The van der Waals surface area contributed by atoms with E-state index < -0.39 is 34.2 Å². The molecule has 0 aliphatic rings. The second kappa shape index (κ2) is 7.24. The lowest BCUT2D eigenvalue weighted by molar-refractivity contribution is -0.137. The van der Waals surface area contributed by atoms with Crippen LogP contribution >= 0.6 is 0 Å². The Kier molecular flexibility index (Phi) is 5.48. The van der Waals surface area contributed by atoms with Crippen molar-refractivity contribution in [1.29, 1.82) is 0 Å². The minimum atomic E-state index is -4.47. The van der Waals surface area contributed by atoms with Crippen LogP contribution in [-0.2, 0) is 21.0 Å². The van der Waals surface area contributed by atoms with Crippen molar-refractivity contribution in [3.8, 4) is 0 Å². The fourth-order valence-corrected chi connectivity index (χ4v) is 3.06. The summed E-state index contributed by atoms with van der Waals surface area (Å²) in [6, 6.07) is 9.99. The van der Waals surface area contributed by atoms with Gasteiger partial charge in [0.2, 0.25) is 15.9 Å². The molecule has 2 N–H and O–H groups in total. The molecule has 0 fully saturated rings. The summed E-state index contributed by atoms with van der Waals surface area (Å²) < 4.78 is 63.7. The summed E-state index contributed by atoms with van der Waals surface area (Å²) in [4.78, 5) is 11.8. The molecule has 0 saturated carbocycles. The fraction of sp³-hybridized carbons (Fsp3) is 0.188. The quantitative estimate of drug-likeness (QED) is 0.847. The average Bonchev–Trinajstić information content (AvgIpc) is 2.53.